The minimum absolute atomic E-state index is 0.262. The maximum Gasteiger partial charge on any atom is 0.186 e. The first-order valence-corrected chi connectivity index (χ1v) is 6.09. The Balaban J connectivity index is 2.30. The third-order valence-electron chi connectivity index (χ3n) is 3.21. The molecule has 0 saturated carbocycles. The number of nitrogens with two attached hydrogens (primary N) is 1. The molecular weight excluding hydrogens is 245 g/mol. The average molecular weight is 259 g/mol. The van der Waals surface area contributed by atoms with Crippen molar-refractivity contribution < 1.29 is 4.39 Å². The molecule has 2 heterocycles. The molecule has 0 aliphatic rings. The van der Waals surface area contributed by atoms with E-state index in [1.54, 1.807) is 10.7 Å². The minimum Gasteiger partial charge on any atom is -0.383 e. The van der Waals surface area contributed by atoms with Crippen molar-refractivity contribution in [2.75, 3.05) is 5.73 Å². The zero-order valence-electron chi connectivity index (χ0n) is 10.7. The van der Waals surface area contributed by atoms with E-state index in [0.717, 1.165) is 28.8 Å². The molecule has 0 aliphatic carbocycles. The van der Waals surface area contributed by atoms with Gasteiger partial charge in [-0.2, -0.15) is 10.2 Å². The van der Waals surface area contributed by atoms with E-state index in [2.05, 4.69) is 15.3 Å². The molecule has 0 unspecified atom stereocenters. The molecular formula is C13H14FN5. The van der Waals surface area contributed by atoms with E-state index in [1.807, 2.05) is 13.8 Å². The van der Waals surface area contributed by atoms with Gasteiger partial charge >= 0.3 is 0 Å². The van der Waals surface area contributed by atoms with Crippen LogP contribution in [0.2, 0.25) is 0 Å². The molecule has 3 aromatic rings. The van der Waals surface area contributed by atoms with Crippen LogP contribution in [0.1, 0.15) is 18.2 Å². The predicted octanol–water partition coefficient (Wildman–Crippen LogP) is 2.34. The normalized spacial score (nSPS) is 11.3. The second-order valence-corrected chi connectivity index (χ2v) is 4.48. The Morgan fingerprint density at radius 2 is 2.21 bits per heavy atom. The van der Waals surface area contributed by atoms with Crippen molar-refractivity contribution in [3.8, 4) is 5.69 Å². The van der Waals surface area contributed by atoms with Gasteiger partial charge in [-0.25, -0.2) is 9.07 Å². The number of nitrogens with one attached hydrogen (secondary N) is 1. The van der Waals surface area contributed by atoms with Gasteiger partial charge in [0.1, 0.15) is 11.6 Å². The summed E-state index contributed by atoms with van der Waals surface area (Å²) in [5.74, 6) is 0.250. The fourth-order valence-corrected chi connectivity index (χ4v) is 2.27. The summed E-state index contributed by atoms with van der Waals surface area (Å²) < 4.78 is 14.9. The lowest BCUT2D eigenvalue weighted by Gasteiger charge is -2.05. The van der Waals surface area contributed by atoms with Crippen LogP contribution in [0.5, 0.6) is 0 Å². The van der Waals surface area contributed by atoms with Crippen LogP contribution in [0, 0.1) is 12.7 Å². The van der Waals surface area contributed by atoms with Crippen molar-refractivity contribution in [2.45, 2.75) is 20.3 Å². The number of aromatic amines is 1. The van der Waals surface area contributed by atoms with Crippen LogP contribution in [-0.4, -0.2) is 20.0 Å². The van der Waals surface area contributed by atoms with Gasteiger partial charge in [-0.15, -0.1) is 0 Å². The Morgan fingerprint density at radius 1 is 1.42 bits per heavy atom. The second kappa shape index (κ2) is 4.08. The van der Waals surface area contributed by atoms with Crippen LogP contribution >= 0.6 is 0 Å². The fraction of sp³-hybridized carbons (Fsp3) is 0.231. The summed E-state index contributed by atoms with van der Waals surface area (Å²) in [7, 11) is 0. The van der Waals surface area contributed by atoms with Crippen molar-refractivity contribution in [3.05, 3.63) is 35.3 Å². The number of aryl methyl sites for hydroxylation is 2. The van der Waals surface area contributed by atoms with Crippen LogP contribution in [0.15, 0.2) is 18.2 Å². The monoisotopic (exact) mass is 259 g/mol. The molecule has 0 bridgehead atoms. The van der Waals surface area contributed by atoms with E-state index in [1.165, 1.54) is 12.1 Å². The van der Waals surface area contributed by atoms with E-state index in [9.17, 15) is 4.39 Å². The van der Waals surface area contributed by atoms with E-state index in [4.69, 9.17) is 5.73 Å². The largest absolute Gasteiger partial charge is 0.383 e. The van der Waals surface area contributed by atoms with Crippen molar-refractivity contribution >= 4 is 16.9 Å². The first-order valence-electron chi connectivity index (χ1n) is 6.09. The highest BCUT2D eigenvalue weighted by Gasteiger charge is 2.17. The summed E-state index contributed by atoms with van der Waals surface area (Å²) in [5, 5.41) is 12.3. The Hall–Kier alpha value is -2.37. The van der Waals surface area contributed by atoms with Gasteiger partial charge < -0.3 is 5.73 Å². The summed E-state index contributed by atoms with van der Waals surface area (Å²) in [4.78, 5) is 0. The highest BCUT2D eigenvalue weighted by atomic mass is 19.1. The van der Waals surface area contributed by atoms with Gasteiger partial charge in [-0.05, 0) is 37.1 Å². The number of hydrogen-bond donors (Lipinski definition) is 2. The number of halogens is 1. The third-order valence-corrected chi connectivity index (χ3v) is 3.21. The lowest BCUT2D eigenvalue weighted by molar-refractivity contribution is 0.625. The number of anilines is 1. The number of benzene rings is 1. The quantitative estimate of drug-likeness (QED) is 0.742. The van der Waals surface area contributed by atoms with Crippen LogP contribution in [0.3, 0.4) is 0 Å². The van der Waals surface area contributed by atoms with Crippen molar-refractivity contribution in [1.29, 1.82) is 0 Å². The lowest BCUT2D eigenvalue weighted by Crippen LogP contribution is -2.01. The van der Waals surface area contributed by atoms with Crippen LogP contribution < -0.4 is 5.73 Å². The van der Waals surface area contributed by atoms with Gasteiger partial charge in [0, 0.05) is 0 Å². The topological polar surface area (TPSA) is 72.5 Å². The standard InChI is InChI=1S/C13H14FN5/c1-3-9-11-12(15)16-17-13(11)19(18-9)10-5-4-8(14)6-7(10)2/h4-6H,3H2,1-2H3,(H3,15,16,17). The molecule has 2 aromatic heterocycles. The van der Waals surface area contributed by atoms with Crippen molar-refractivity contribution in [2.24, 2.45) is 0 Å². The molecule has 3 rings (SSSR count). The molecule has 0 atom stereocenters. The van der Waals surface area contributed by atoms with E-state index in [-0.39, 0.29) is 5.82 Å². The van der Waals surface area contributed by atoms with Gasteiger partial charge in [0.15, 0.2) is 5.65 Å². The number of aromatic nitrogens is 4. The molecule has 0 amide bonds. The number of hydrogen-bond acceptors (Lipinski definition) is 3. The van der Waals surface area contributed by atoms with Crippen molar-refractivity contribution in [3.63, 3.8) is 0 Å². The second-order valence-electron chi connectivity index (χ2n) is 4.48. The number of fused-ring (bicyclic) bond motifs is 1. The highest BCUT2D eigenvalue weighted by Crippen LogP contribution is 2.26. The SMILES string of the molecule is CCc1nn(-c2ccc(F)cc2C)c2n[nH]c(N)c12. The zero-order chi connectivity index (χ0) is 13.6. The first-order chi connectivity index (χ1) is 9.11. The van der Waals surface area contributed by atoms with Gasteiger partial charge in [-0.1, -0.05) is 6.92 Å². The number of nitrogen functional groups attached to an aromatic ring is 1. The lowest BCUT2D eigenvalue weighted by atomic mass is 10.2. The highest BCUT2D eigenvalue weighted by molar-refractivity contribution is 5.90. The predicted molar refractivity (Wildman–Crippen MR) is 71.7 cm³/mol. The average Bonchev–Trinajstić information content (AvgIpc) is 2.91. The maximum atomic E-state index is 13.2. The van der Waals surface area contributed by atoms with E-state index in [0.29, 0.717) is 11.5 Å². The third kappa shape index (κ3) is 1.68. The smallest absolute Gasteiger partial charge is 0.186 e. The van der Waals surface area contributed by atoms with Gasteiger partial charge in [-0.3, -0.25) is 5.10 Å². The van der Waals surface area contributed by atoms with Crippen LogP contribution in [0.25, 0.3) is 16.7 Å². The molecule has 98 valence electrons. The fourth-order valence-electron chi connectivity index (χ4n) is 2.27. The molecule has 3 N–H and O–H groups in total. The maximum absolute atomic E-state index is 13.2. The molecule has 19 heavy (non-hydrogen) atoms. The Morgan fingerprint density at radius 3 is 2.89 bits per heavy atom. The molecule has 0 saturated heterocycles. The molecule has 6 heteroatoms. The Bertz CT molecular complexity index is 756. The van der Waals surface area contributed by atoms with E-state index >= 15 is 0 Å². The number of nitrogens with zero attached hydrogens (tertiary/aromatic N) is 3. The molecule has 0 spiro atoms. The van der Waals surface area contributed by atoms with Crippen molar-refractivity contribution in [1.82, 2.24) is 20.0 Å². The van der Waals surface area contributed by atoms with Crippen LogP contribution in [-0.2, 0) is 6.42 Å². The number of H-pyrrole nitrogens is 1. The summed E-state index contributed by atoms with van der Waals surface area (Å²) in [6, 6.07) is 4.59. The van der Waals surface area contributed by atoms with E-state index < -0.39 is 0 Å². The summed E-state index contributed by atoms with van der Waals surface area (Å²) in [6.07, 6.45) is 0.757. The summed E-state index contributed by atoms with van der Waals surface area (Å²) in [5.41, 5.74) is 9.03. The van der Waals surface area contributed by atoms with Gasteiger partial charge in [0.2, 0.25) is 0 Å². The Labute approximate surface area is 109 Å². The molecule has 5 nitrogen and oxygen atoms in total. The first kappa shape index (κ1) is 11.7. The van der Waals surface area contributed by atoms with Crippen LogP contribution in [0.4, 0.5) is 10.2 Å². The Kier molecular flexibility index (Phi) is 2.51. The van der Waals surface area contributed by atoms with Gasteiger partial charge in [0.05, 0.1) is 16.8 Å². The molecule has 1 aromatic carbocycles. The van der Waals surface area contributed by atoms with Gasteiger partial charge in [0.25, 0.3) is 0 Å². The summed E-state index contributed by atoms with van der Waals surface area (Å²) in [6.45, 7) is 3.85. The summed E-state index contributed by atoms with van der Waals surface area (Å²) >= 11 is 0. The number of rotatable bonds is 2. The zero-order valence-corrected chi connectivity index (χ0v) is 10.7. The molecule has 0 fully saturated rings. The molecule has 0 aliphatic heterocycles. The minimum atomic E-state index is -0.262. The molecule has 0 radical (unpaired) electrons.